The van der Waals surface area contributed by atoms with Crippen molar-refractivity contribution in [2.24, 2.45) is 23.7 Å². The van der Waals surface area contributed by atoms with E-state index in [9.17, 15) is 0 Å². The molecule has 0 aliphatic carbocycles. The van der Waals surface area contributed by atoms with Crippen molar-refractivity contribution >= 4 is 44.7 Å². The van der Waals surface area contributed by atoms with Crippen LogP contribution in [0, 0.1) is 23.7 Å². The fourth-order valence-electron chi connectivity index (χ4n) is 4.35. The summed E-state index contributed by atoms with van der Waals surface area (Å²) in [4.78, 5) is 0. The molecule has 0 atom stereocenters. The summed E-state index contributed by atoms with van der Waals surface area (Å²) in [7, 11) is 0. The number of hydrogen-bond donors (Lipinski definition) is 0. The topological polar surface area (TPSA) is 36.9 Å². The van der Waals surface area contributed by atoms with Crippen molar-refractivity contribution in [2.45, 2.75) is 81.1 Å². The minimum absolute atomic E-state index is 0.474. The van der Waals surface area contributed by atoms with Crippen LogP contribution in [0.1, 0.15) is 81.1 Å². The molecule has 3 rings (SSSR count). The molecule has 0 spiro atoms. The van der Waals surface area contributed by atoms with Crippen LogP contribution in [0.25, 0.3) is 21.5 Å². The van der Waals surface area contributed by atoms with E-state index < -0.39 is 0 Å². The van der Waals surface area contributed by atoms with Crippen LogP contribution in [-0.4, -0.2) is 26.4 Å². The van der Waals surface area contributed by atoms with Crippen LogP contribution in [0.15, 0.2) is 24.3 Å². The van der Waals surface area contributed by atoms with Crippen molar-refractivity contribution in [3.05, 3.63) is 34.3 Å². The molecular weight excluding hydrogens is 543 g/mol. The van der Waals surface area contributed by atoms with Crippen molar-refractivity contribution in [1.29, 1.82) is 0 Å². The van der Waals surface area contributed by atoms with E-state index in [1.807, 2.05) is 24.3 Å². The number of benzene rings is 3. The molecule has 0 amide bonds. The number of fused-ring (bicyclic) bond motifs is 2. The van der Waals surface area contributed by atoms with Gasteiger partial charge in [0, 0.05) is 10.8 Å². The summed E-state index contributed by atoms with van der Waals surface area (Å²) in [6.45, 7) is 19.9. The highest BCUT2D eigenvalue weighted by Crippen LogP contribution is 2.51. The van der Waals surface area contributed by atoms with Gasteiger partial charge in [0.2, 0.25) is 0 Å². The fourth-order valence-corrected chi connectivity index (χ4v) is 4.68. The van der Waals surface area contributed by atoms with E-state index in [-0.39, 0.29) is 0 Å². The van der Waals surface area contributed by atoms with E-state index in [0.29, 0.717) is 60.1 Å². The molecule has 0 saturated heterocycles. The lowest BCUT2D eigenvalue weighted by atomic mass is 9.98. The molecule has 0 radical (unpaired) electrons. The van der Waals surface area contributed by atoms with Gasteiger partial charge in [-0.2, -0.15) is 0 Å². The van der Waals surface area contributed by atoms with E-state index in [1.54, 1.807) is 0 Å². The summed E-state index contributed by atoms with van der Waals surface area (Å²) in [6.07, 6.45) is 3.74. The second-order valence-electron chi connectivity index (χ2n) is 12.4. The molecule has 0 fully saturated rings. The molecule has 3 aromatic carbocycles. The molecule has 0 unspecified atom stereocenters. The molecule has 222 valence electrons. The normalized spacial score (nSPS) is 11.9. The first kappa shape index (κ1) is 32.5. The van der Waals surface area contributed by atoms with Crippen molar-refractivity contribution in [3.63, 3.8) is 0 Å². The first-order valence-electron chi connectivity index (χ1n) is 14.9. The molecule has 0 saturated carbocycles. The Morgan fingerprint density at radius 1 is 0.500 bits per heavy atom. The quantitative estimate of drug-likeness (QED) is 0.155. The van der Waals surface area contributed by atoms with Gasteiger partial charge in [0.25, 0.3) is 0 Å². The van der Waals surface area contributed by atoms with Crippen molar-refractivity contribution < 1.29 is 18.9 Å². The Hall–Kier alpha value is -2.04. The average molecular weight is 592 g/mol. The molecule has 0 bridgehead atoms. The Morgan fingerprint density at radius 3 is 1.10 bits per heavy atom. The number of hydrogen-bond acceptors (Lipinski definition) is 4. The van der Waals surface area contributed by atoms with Crippen LogP contribution < -0.4 is 18.9 Å². The van der Waals surface area contributed by atoms with E-state index in [1.165, 1.54) is 0 Å². The van der Waals surface area contributed by atoms with Gasteiger partial charge in [0.1, 0.15) is 23.0 Å². The number of ether oxygens (including phenoxy) is 4. The van der Waals surface area contributed by atoms with Crippen LogP contribution in [0.3, 0.4) is 0 Å². The van der Waals surface area contributed by atoms with E-state index in [4.69, 9.17) is 42.1 Å². The summed E-state index contributed by atoms with van der Waals surface area (Å²) in [5, 5.41) is 4.39. The summed E-state index contributed by atoms with van der Waals surface area (Å²) in [5.74, 6) is 5.05. The maximum absolute atomic E-state index is 6.61. The van der Waals surface area contributed by atoms with Gasteiger partial charge in [-0.15, -0.1) is 0 Å². The SMILES string of the molecule is CC(C)CCOc1ccc(OCCC(C)C)c2c(OCCC(C)C)c3cc(Cl)c(Cl)cc3c(OCCC(C)C)c12. The van der Waals surface area contributed by atoms with Crippen LogP contribution in [0.5, 0.6) is 23.0 Å². The molecule has 6 heteroatoms. The van der Waals surface area contributed by atoms with Gasteiger partial charge in [-0.1, -0.05) is 78.6 Å². The Bertz CT molecular complexity index is 1150. The zero-order chi connectivity index (χ0) is 29.4. The smallest absolute Gasteiger partial charge is 0.139 e. The van der Waals surface area contributed by atoms with Crippen molar-refractivity contribution in [1.82, 2.24) is 0 Å². The molecule has 40 heavy (non-hydrogen) atoms. The van der Waals surface area contributed by atoms with Crippen molar-refractivity contribution in [2.75, 3.05) is 26.4 Å². The number of rotatable bonds is 16. The molecule has 0 N–H and O–H groups in total. The minimum Gasteiger partial charge on any atom is -0.493 e. The highest BCUT2D eigenvalue weighted by molar-refractivity contribution is 6.43. The van der Waals surface area contributed by atoms with Gasteiger partial charge in [-0.05, 0) is 73.6 Å². The van der Waals surface area contributed by atoms with Gasteiger partial charge in [-0.3, -0.25) is 0 Å². The highest BCUT2D eigenvalue weighted by Gasteiger charge is 2.25. The third kappa shape index (κ3) is 8.73. The Kier molecular flexibility index (Phi) is 12.4. The maximum Gasteiger partial charge on any atom is 0.139 e. The number of halogens is 2. The molecule has 4 nitrogen and oxygen atoms in total. The average Bonchev–Trinajstić information content (AvgIpc) is 2.86. The Balaban J connectivity index is 2.35. The van der Waals surface area contributed by atoms with Crippen molar-refractivity contribution in [3.8, 4) is 23.0 Å². The Morgan fingerprint density at radius 2 is 0.800 bits per heavy atom. The zero-order valence-electron chi connectivity index (χ0n) is 25.7. The zero-order valence-corrected chi connectivity index (χ0v) is 27.2. The molecular formula is C34H48Cl2O4. The second kappa shape index (κ2) is 15.3. The van der Waals surface area contributed by atoms with Crippen LogP contribution in [-0.2, 0) is 0 Å². The van der Waals surface area contributed by atoms with Crippen LogP contribution in [0.4, 0.5) is 0 Å². The van der Waals surface area contributed by atoms with Gasteiger partial charge < -0.3 is 18.9 Å². The Labute approximate surface area is 251 Å². The largest absolute Gasteiger partial charge is 0.493 e. The standard InChI is InChI=1S/C34H48Cl2O4/c1-21(2)11-15-37-29-9-10-30(38-16-12-22(3)4)32-31(29)33(39-17-13-23(5)6)25-19-27(35)28(36)20-26(25)34(32)40-18-14-24(7)8/h9-10,19-24H,11-18H2,1-8H3. The van der Waals surface area contributed by atoms with Gasteiger partial charge in [-0.25, -0.2) is 0 Å². The second-order valence-corrected chi connectivity index (χ2v) is 13.2. The maximum atomic E-state index is 6.61. The molecule has 0 aliphatic rings. The van der Waals surface area contributed by atoms with Crippen LogP contribution in [0.2, 0.25) is 10.0 Å². The first-order valence-corrected chi connectivity index (χ1v) is 15.7. The predicted octanol–water partition coefficient (Wildman–Crippen LogP) is 11.0. The fraction of sp³-hybridized carbons (Fsp3) is 0.588. The molecule has 0 aliphatic heterocycles. The van der Waals surface area contributed by atoms with E-state index in [0.717, 1.165) is 70.2 Å². The third-order valence-corrected chi connectivity index (χ3v) is 7.64. The van der Waals surface area contributed by atoms with Gasteiger partial charge >= 0.3 is 0 Å². The summed E-state index contributed by atoms with van der Waals surface area (Å²) in [6, 6.07) is 7.79. The third-order valence-electron chi connectivity index (χ3n) is 6.92. The monoisotopic (exact) mass is 590 g/mol. The lowest BCUT2D eigenvalue weighted by molar-refractivity contribution is 0.276. The minimum atomic E-state index is 0.474. The summed E-state index contributed by atoms with van der Waals surface area (Å²) in [5.41, 5.74) is 0. The lowest BCUT2D eigenvalue weighted by Gasteiger charge is -2.23. The highest BCUT2D eigenvalue weighted by atomic mass is 35.5. The van der Waals surface area contributed by atoms with E-state index >= 15 is 0 Å². The first-order chi connectivity index (χ1) is 19.0. The molecule has 0 heterocycles. The van der Waals surface area contributed by atoms with Crippen LogP contribution >= 0.6 is 23.2 Å². The lowest BCUT2D eigenvalue weighted by Crippen LogP contribution is -2.08. The van der Waals surface area contributed by atoms with Gasteiger partial charge in [0.15, 0.2) is 0 Å². The van der Waals surface area contributed by atoms with Gasteiger partial charge in [0.05, 0.1) is 47.2 Å². The molecule has 3 aromatic rings. The summed E-state index contributed by atoms with van der Waals surface area (Å²) < 4.78 is 26.1. The van der Waals surface area contributed by atoms with E-state index in [2.05, 4.69) is 55.4 Å². The molecule has 0 aromatic heterocycles. The predicted molar refractivity (Wildman–Crippen MR) is 171 cm³/mol. The summed E-state index contributed by atoms with van der Waals surface area (Å²) >= 11 is 13.2.